The Morgan fingerprint density at radius 2 is 2.05 bits per heavy atom. The third-order valence-electron chi connectivity index (χ3n) is 3.77. The molecular weight excluding hydrogens is 303 g/mol. The minimum absolute atomic E-state index is 0.00228. The maximum absolute atomic E-state index is 13.0. The van der Waals surface area contributed by atoms with Gasteiger partial charge >= 0.3 is 6.18 Å². The van der Waals surface area contributed by atoms with Crippen molar-refractivity contribution in [3.05, 3.63) is 35.4 Å². The van der Waals surface area contributed by atoms with Gasteiger partial charge in [-0.15, -0.1) is 11.6 Å². The lowest BCUT2D eigenvalue weighted by molar-refractivity contribution is -0.138. The first-order valence-electron chi connectivity index (χ1n) is 6.98. The van der Waals surface area contributed by atoms with Crippen LogP contribution >= 0.6 is 11.6 Å². The molecule has 21 heavy (non-hydrogen) atoms. The molecule has 0 radical (unpaired) electrons. The number of nitrogens with zero attached hydrogens (tertiary/aromatic N) is 1. The van der Waals surface area contributed by atoms with E-state index in [0.717, 1.165) is 31.7 Å². The number of carbonyl (C=O) groups is 1. The molecule has 116 valence electrons. The molecule has 1 aliphatic heterocycles. The number of rotatable bonds is 4. The van der Waals surface area contributed by atoms with Crippen molar-refractivity contribution in [2.45, 2.75) is 37.9 Å². The van der Waals surface area contributed by atoms with Crippen molar-refractivity contribution in [3.63, 3.8) is 0 Å². The maximum Gasteiger partial charge on any atom is 0.417 e. The number of hydrogen-bond acceptors (Lipinski definition) is 1. The van der Waals surface area contributed by atoms with Gasteiger partial charge in [-0.1, -0.05) is 12.1 Å². The van der Waals surface area contributed by atoms with E-state index in [1.165, 1.54) is 18.2 Å². The topological polar surface area (TPSA) is 20.3 Å². The Balaban J connectivity index is 2.24. The van der Waals surface area contributed by atoms with Crippen LogP contribution in [0.5, 0.6) is 0 Å². The molecule has 1 fully saturated rings. The summed E-state index contributed by atoms with van der Waals surface area (Å²) in [6, 6.07) is 4.97. The standard InChI is InChI=1S/C15H17ClF3NO/c16-9-3-5-11-6-4-10-20(11)14(21)12-7-1-2-8-13(12)15(17,18)19/h1-2,7-8,11H,3-6,9-10H2. The lowest BCUT2D eigenvalue weighted by Crippen LogP contribution is -2.36. The van der Waals surface area contributed by atoms with Crippen molar-refractivity contribution < 1.29 is 18.0 Å². The highest BCUT2D eigenvalue weighted by Gasteiger charge is 2.37. The molecule has 1 amide bonds. The van der Waals surface area contributed by atoms with Gasteiger partial charge in [-0.05, 0) is 37.8 Å². The average molecular weight is 320 g/mol. The van der Waals surface area contributed by atoms with Crippen molar-refractivity contribution in [3.8, 4) is 0 Å². The van der Waals surface area contributed by atoms with Gasteiger partial charge in [0.15, 0.2) is 0 Å². The molecule has 2 rings (SSSR count). The summed E-state index contributed by atoms with van der Waals surface area (Å²) in [6.07, 6.45) is -1.36. The van der Waals surface area contributed by atoms with E-state index in [-0.39, 0.29) is 11.6 Å². The number of halogens is 4. The largest absolute Gasteiger partial charge is 0.417 e. The predicted octanol–water partition coefficient (Wildman–Crippen LogP) is 4.33. The van der Waals surface area contributed by atoms with Crippen LogP contribution in [0, 0.1) is 0 Å². The quantitative estimate of drug-likeness (QED) is 0.756. The maximum atomic E-state index is 13.0. The van der Waals surface area contributed by atoms with Gasteiger partial charge in [0.25, 0.3) is 5.91 Å². The van der Waals surface area contributed by atoms with E-state index < -0.39 is 17.6 Å². The Kier molecular flexibility index (Phi) is 5.14. The smallest absolute Gasteiger partial charge is 0.336 e. The summed E-state index contributed by atoms with van der Waals surface area (Å²) < 4.78 is 39.0. The predicted molar refractivity (Wildman–Crippen MR) is 75.5 cm³/mol. The fourth-order valence-electron chi connectivity index (χ4n) is 2.79. The molecule has 6 heteroatoms. The molecule has 0 bridgehead atoms. The molecule has 0 spiro atoms. The van der Waals surface area contributed by atoms with Crippen LogP contribution in [0.1, 0.15) is 41.6 Å². The van der Waals surface area contributed by atoms with Crippen LogP contribution in [-0.2, 0) is 6.18 Å². The van der Waals surface area contributed by atoms with E-state index >= 15 is 0 Å². The fraction of sp³-hybridized carbons (Fsp3) is 0.533. The van der Waals surface area contributed by atoms with Crippen molar-refractivity contribution >= 4 is 17.5 Å². The number of alkyl halides is 4. The summed E-state index contributed by atoms with van der Waals surface area (Å²) >= 11 is 5.66. The fourth-order valence-corrected chi connectivity index (χ4v) is 2.94. The first-order chi connectivity index (χ1) is 9.95. The normalized spacial score (nSPS) is 19.0. The Bertz CT molecular complexity index is 504. The molecule has 1 heterocycles. The second-order valence-electron chi connectivity index (χ2n) is 5.17. The van der Waals surface area contributed by atoms with Gasteiger partial charge in [0.05, 0.1) is 11.1 Å². The van der Waals surface area contributed by atoms with Crippen LogP contribution in [0.15, 0.2) is 24.3 Å². The van der Waals surface area contributed by atoms with Crippen LogP contribution in [0.3, 0.4) is 0 Å². The lowest BCUT2D eigenvalue weighted by atomic mass is 10.0. The van der Waals surface area contributed by atoms with Crippen LogP contribution in [0.25, 0.3) is 0 Å². The van der Waals surface area contributed by atoms with Crippen LogP contribution in [0.2, 0.25) is 0 Å². The van der Waals surface area contributed by atoms with Crippen molar-refractivity contribution in [1.82, 2.24) is 4.90 Å². The zero-order valence-corrected chi connectivity index (χ0v) is 12.3. The van der Waals surface area contributed by atoms with E-state index in [1.807, 2.05) is 0 Å². The summed E-state index contributed by atoms with van der Waals surface area (Å²) in [6.45, 7) is 0.512. The second-order valence-corrected chi connectivity index (χ2v) is 5.55. The van der Waals surface area contributed by atoms with Crippen LogP contribution in [0.4, 0.5) is 13.2 Å². The molecule has 0 saturated carbocycles. The van der Waals surface area contributed by atoms with Crippen LogP contribution < -0.4 is 0 Å². The van der Waals surface area contributed by atoms with Gasteiger partial charge in [0.2, 0.25) is 0 Å². The molecule has 1 atom stereocenters. The first kappa shape index (κ1) is 16.1. The number of likely N-dealkylation sites (tertiary alicyclic amines) is 1. The molecular formula is C15H17ClF3NO. The molecule has 1 aromatic carbocycles. The minimum Gasteiger partial charge on any atom is -0.336 e. The van der Waals surface area contributed by atoms with Crippen molar-refractivity contribution in [2.75, 3.05) is 12.4 Å². The van der Waals surface area contributed by atoms with Gasteiger partial charge in [-0.3, -0.25) is 4.79 Å². The molecule has 0 aliphatic carbocycles. The highest BCUT2D eigenvalue weighted by molar-refractivity contribution is 6.17. The van der Waals surface area contributed by atoms with Crippen molar-refractivity contribution in [2.24, 2.45) is 0 Å². The molecule has 1 saturated heterocycles. The Labute approximate surface area is 126 Å². The Morgan fingerprint density at radius 1 is 1.33 bits per heavy atom. The zero-order valence-electron chi connectivity index (χ0n) is 11.5. The Morgan fingerprint density at radius 3 is 2.71 bits per heavy atom. The van der Waals surface area contributed by atoms with E-state index in [2.05, 4.69) is 0 Å². The molecule has 1 aromatic rings. The van der Waals surface area contributed by atoms with Gasteiger partial charge in [-0.2, -0.15) is 13.2 Å². The van der Waals surface area contributed by atoms with Crippen molar-refractivity contribution in [1.29, 1.82) is 0 Å². The van der Waals surface area contributed by atoms with Gasteiger partial charge < -0.3 is 4.90 Å². The van der Waals surface area contributed by atoms with E-state index in [9.17, 15) is 18.0 Å². The summed E-state index contributed by atoms with van der Waals surface area (Å²) in [5.74, 6) is -0.0301. The third-order valence-corrected chi connectivity index (χ3v) is 4.04. The molecule has 1 aliphatic rings. The highest BCUT2D eigenvalue weighted by Crippen LogP contribution is 2.33. The number of carbonyl (C=O) groups excluding carboxylic acids is 1. The zero-order chi connectivity index (χ0) is 15.5. The second kappa shape index (κ2) is 6.69. The average Bonchev–Trinajstić information content (AvgIpc) is 2.91. The van der Waals surface area contributed by atoms with Crippen LogP contribution in [-0.4, -0.2) is 29.3 Å². The Hall–Kier alpha value is -1.23. The molecule has 1 unspecified atom stereocenters. The van der Waals surface area contributed by atoms with Gasteiger partial charge in [0.1, 0.15) is 0 Å². The SMILES string of the molecule is O=C(c1ccccc1C(F)(F)F)N1CCCC1CCCCl. The third kappa shape index (κ3) is 3.70. The molecule has 2 nitrogen and oxygen atoms in total. The minimum atomic E-state index is -4.52. The van der Waals surface area contributed by atoms with E-state index in [4.69, 9.17) is 11.6 Å². The summed E-state index contributed by atoms with van der Waals surface area (Å²) in [7, 11) is 0. The highest BCUT2D eigenvalue weighted by atomic mass is 35.5. The van der Waals surface area contributed by atoms with E-state index in [1.54, 1.807) is 4.90 Å². The van der Waals surface area contributed by atoms with Gasteiger partial charge in [-0.25, -0.2) is 0 Å². The summed E-state index contributed by atoms with van der Waals surface area (Å²) in [4.78, 5) is 14.0. The first-order valence-corrected chi connectivity index (χ1v) is 7.51. The monoisotopic (exact) mass is 319 g/mol. The lowest BCUT2D eigenvalue weighted by Gasteiger charge is -2.26. The molecule has 0 N–H and O–H groups in total. The summed E-state index contributed by atoms with van der Waals surface area (Å²) in [5.41, 5.74) is -1.12. The molecule has 0 aromatic heterocycles. The van der Waals surface area contributed by atoms with Gasteiger partial charge in [0, 0.05) is 18.5 Å². The summed E-state index contributed by atoms with van der Waals surface area (Å²) in [5, 5.41) is 0. The number of amides is 1. The van der Waals surface area contributed by atoms with E-state index in [0.29, 0.717) is 12.4 Å². The number of benzene rings is 1. The number of hydrogen-bond donors (Lipinski definition) is 0.